The summed E-state index contributed by atoms with van der Waals surface area (Å²) in [6.45, 7) is 1.51. The van der Waals surface area contributed by atoms with Gasteiger partial charge >= 0.3 is 0 Å². The number of Topliss-reactive ketones (excluding diaryl/α,β-unsaturated/α-hetero) is 1. The van der Waals surface area contributed by atoms with Gasteiger partial charge in [-0.2, -0.15) is 0 Å². The van der Waals surface area contributed by atoms with Gasteiger partial charge < -0.3 is 5.32 Å². The molecule has 0 bridgehead atoms. The molecule has 1 aromatic carbocycles. The maximum absolute atomic E-state index is 12.0. The van der Waals surface area contributed by atoms with Gasteiger partial charge in [0.1, 0.15) is 5.01 Å². The molecule has 3 rings (SSSR count). The Hall–Kier alpha value is -2.58. The van der Waals surface area contributed by atoms with Crippen LogP contribution in [-0.4, -0.2) is 32.6 Å². The highest BCUT2D eigenvalue weighted by Gasteiger charge is 2.10. The van der Waals surface area contributed by atoms with Gasteiger partial charge in [0.25, 0.3) is 0 Å². The highest BCUT2D eigenvalue weighted by molar-refractivity contribution is 8.01. The molecule has 0 saturated heterocycles. The molecule has 8 heteroatoms. The van der Waals surface area contributed by atoms with E-state index >= 15 is 0 Å². The van der Waals surface area contributed by atoms with E-state index in [2.05, 4.69) is 20.5 Å². The lowest BCUT2D eigenvalue weighted by Crippen LogP contribution is -2.14. The summed E-state index contributed by atoms with van der Waals surface area (Å²) in [5.41, 5.74) is 2.18. The fraction of sp³-hybridized carbons (Fsp3) is 0.118. The lowest BCUT2D eigenvalue weighted by molar-refractivity contribution is -0.113. The highest BCUT2D eigenvalue weighted by atomic mass is 32.2. The zero-order valence-electron chi connectivity index (χ0n) is 13.3. The molecule has 126 valence electrons. The number of amides is 1. The maximum Gasteiger partial charge on any atom is 0.234 e. The van der Waals surface area contributed by atoms with Gasteiger partial charge in [-0.25, -0.2) is 0 Å². The average Bonchev–Trinajstić information content (AvgIpc) is 3.10. The third-order valence-corrected chi connectivity index (χ3v) is 5.32. The molecule has 1 amide bonds. The number of hydrogen-bond donors (Lipinski definition) is 1. The van der Waals surface area contributed by atoms with Crippen LogP contribution >= 0.6 is 23.1 Å². The van der Waals surface area contributed by atoms with E-state index in [-0.39, 0.29) is 17.4 Å². The molecule has 0 atom stereocenters. The van der Waals surface area contributed by atoms with Crippen LogP contribution in [0.5, 0.6) is 0 Å². The van der Waals surface area contributed by atoms with E-state index in [1.807, 2.05) is 12.1 Å². The molecule has 0 aliphatic heterocycles. The molecule has 0 spiro atoms. The van der Waals surface area contributed by atoms with E-state index in [4.69, 9.17) is 0 Å². The van der Waals surface area contributed by atoms with Crippen molar-refractivity contribution in [2.75, 3.05) is 11.1 Å². The maximum atomic E-state index is 12.0. The summed E-state index contributed by atoms with van der Waals surface area (Å²) in [5, 5.41) is 11.8. The predicted octanol–water partition coefficient (Wildman–Crippen LogP) is 3.53. The highest BCUT2D eigenvalue weighted by Crippen LogP contribution is 2.28. The molecule has 0 unspecified atom stereocenters. The number of benzene rings is 1. The minimum atomic E-state index is -0.140. The Morgan fingerprint density at radius 3 is 2.64 bits per heavy atom. The van der Waals surface area contributed by atoms with Crippen LogP contribution in [0.25, 0.3) is 10.6 Å². The van der Waals surface area contributed by atoms with Crippen molar-refractivity contribution in [3.05, 3.63) is 54.4 Å². The number of aromatic nitrogens is 3. The Morgan fingerprint density at radius 2 is 1.96 bits per heavy atom. The quantitative estimate of drug-likeness (QED) is 0.528. The number of anilines is 1. The van der Waals surface area contributed by atoms with Gasteiger partial charge in [0, 0.05) is 29.2 Å². The number of rotatable bonds is 6. The summed E-state index contributed by atoms with van der Waals surface area (Å²) >= 11 is 2.75. The normalized spacial score (nSPS) is 10.4. The summed E-state index contributed by atoms with van der Waals surface area (Å²) in [4.78, 5) is 27.3. The third kappa shape index (κ3) is 4.71. The van der Waals surface area contributed by atoms with Crippen molar-refractivity contribution >= 4 is 40.5 Å². The first-order valence-corrected chi connectivity index (χ1v) is 9.19. The van der Waals surface area contributed by atoms with Crippen molar-refractivity contribution in [1.29, 1.82) is 0 Å². The van der Waals surface area contributed by atoms with Crippen molar-refractivity contribution in [3.8, 4) is 10.6 Å². The third-order valence-electron chi connectivity index (χ3n) is 3.22. The Balaban J connectivity index is 1.54. The SMILES string of the molecule is CC(=O)c1ccc(NC(=O)CSc2nnc(-c3cccnc3)s2)cc1. The van der Waals surface area contributed by atoms with Crippen LogP contribution in [0.2, 0.25) is 0 Å². The fourth-order valence-electron chi connectivity index (χ4n) is 1.99. The number of nitrogens with one attached hydrogen (secondary N) is 1. The van der Waals surface area contributed by atoms with Crippen LogP contribution in [-0.2, 0) is 4.79 Å². The zero-order chi connectivity index (χ0) is 17.6. The molecule has 2 aromatic heterocycles. The van der Waals surface area contributed by atoms with Crippen molar-refractivity contribution in [2.45, 2.75) is 11.3 Å². The number of ketones is 1. The van der Waals surface area contributed by atoms with E-state index in [1.165, 1.54) is 30.0 Å². The number of nitrogens with zero attached hydrogens (tertiary/aromatic N) is 3. The summed E-state index contributed by atoms with van der Waals surface area (Å²) in [6, 6.07) is 10.6. The van der Waals surface area contributed by atoms with Crippen molar-refractivity contribution < 1.29 is 9.59 Å². The molecule has 6 nitrogen and oxygen atoms in total. The molecule has 3 aromatic rings. The smallest absolute Gasteiger partial charge is 0.234 e. The Bertz CT molecular complexity index is 879. The van der Waals surface area contributed by atoms with Crippen molar-refractivity contribution in [1.82, 2.24) is 15.2 Å². The van der Waals surface area contributed by atoms with E-state index in [0.717, 1.165) is 14.9 Å². The van der Waals surface area contributed by atoms with Crippen LogP contribution in [0.15, 0.2) is 53.1 Å². The van der Waals surface area contributed by atoms with E-state index in [9.17, 15) is 9.59 Å². The second-order valence-electron chi connectivity index (χ2n) is 5.09. The number of carbonyl (C=O) groups excluding carboxylic acids is 2. The van der Waals surface area contributed by atoms with Crippen molar-refractivity contribution in [2.24, 2.45) is 0 Å². The molecular formula is C17H14N4O2S2. The predicted molar refractivity (Wildman–Crippen MR) is 98.9 cm³/mol. The van der Waals surface area contributed by atoms with Gasteiger partial charge in [-0.3, -0.25) is 14.6 Å². The Morgan fingerprint density at radius 1 is 1.16 bits per heavy atom. The largest absolute Gasteiger partial charge is 0.325 e. The molecule has 0 aliphatic carbocycles. The Kier molecular flexibility index (Phi) is 5.52. The summed E-state index contributed by atoms with van der Waals surface area (Å²) in [6.07, 6.45) is 3.43. The van der Waals surface area contributed by atoms with E-state index < -0.39 is 0 Å². The van der Waals surface area contributed by atoms with Gasteiger partial charge in [0.15, 0.2) is 10.1 Å². The molecule has 2 heterocycles. The first kappa shape index (κ1) is 17.2. The standard InChI is InChI=1S/C17H14N4O2S2/c1-11(22)12-4-6-14(7-5-12)19-15(23)10-24-17-21-20-16(25-17)13-3-2-8-18-9-13/h2-9H,10H2,1H3,(H,19,23). The van der Waals surface area contributed by atoms with Crippen LogP contribution in [0.1, 0.15) is 17.3 Å². The summed E-state index contributed by atoms with van der Waals surface area (Å²) < 4.78 is 0.723. The molecule has 0 aliphatic rings. The molecule has 0 saturated carbocycles. The molecular weight excluding hydrogens is 356 g/mol. The molecule has 1 N–H and O–H groups in total. The summed E-state index contributed by atoms with van der Waals surface area (Å²) in [7, 11) is 0. The number of pyridine rings is 1. The topological polar surface area (TPSA) is 84.8 Å². The lowest BCUT2D eigenvalue weighted by atomic mass is 10.1. The van der Waals surface area contributed by atoms with Gasteiger partial charge in [-0.1, -0.05) is 23.1 Å². The average molecular weight is 370 g/mol. The Labute approximate surface area is 152 Å². The number of hydrogen-bond acceptors (Lipinski definition) is 7. The number of carbonyl (C=O) groups is 2. The second kappa shape index (κ2) is 8.00. The minimum Gasteiger partial charge on any atom is -0.325 e. The molecule has 0 fully saturated rings. The van der Waals surface area contributed by atoms with Gasteiger partial charge in [-0.05, 0) is 43.3 Å². The number of thioether (sulfide) groups is 1. The van der Waals surface area contributed by atoms with Crippen LogP contribution in [0.3, 0.4) is 0 Å². The minimum absolute atomic E-state index is 0.00544. The zero-order valence-corrected chi connectivity index (χ0v) is 14.9. The van der Waals surface area contributed by atoms with Gasteiger partial charge in [-0.15, -0.1) is 10.2 Å². The van der Waals surface area contributed by atoms with Gasteiger partial charge in [0.2, 0.25) is 5.91 Å². The second-order valence-corrected chi connectivity index (χ2v) is 7.29. The lowest BCUT2D eigenvalue weighted by Gasteiger charge is -2.04. The van der Waals surface area contributed by atoms with E-state index in [0.29, 0.717) is 11.3 Å². The molecule has 0 radical (unpaired) electrons. The van der Waals surface area contributed by atoms with Crippen LogP contribution in [0.4, 0.5) is 5.69 Å². The first-order chi connectivity index (χ1) is 12.1. The van der Waals surface area contributed by atoms with Gasteiger partial charge in [0.05, 0.1) is 5.75 Å². The fourth-order valence-corrected chi connectivity index (χ4v) is 3.63. The molecule has 25 heavy (non-hydrogen) atoms. The van der Waals surface area contributed by atoms with Crippen LogP contribution < -0.4 is 5.32 Å². The summed E-state index contributed by atoms with van der Waals surface area (Å²) in [5.74, 6) is 0.0867. The first-order valence-electron chi connectivity index (χ1n) is 7.39. The van der Waals surface area contributed by atoms with Crippen molar-refractivity contribution in [3.63, 3.8) is 0 Å². The van der Waals surface area contributed by atoms with E-state index in [1.54, 1.807) is 36.7 Å². The monoisotopic (exact) mass is 370 g/mol. The van der Waals surface area contributed by atoms with Crippen LogP contribution in [0, 0.1) is 0 Å².